The average Bonchev–Trinajstić information content (AvgIpc) is 1.82. The minimum absolute atomic E-state index is 0.109. The lowest BCUT2D eigenvalue weighted by atomic mass is 10.2. The fraction of sp³-hybridized carbons (Fsp3) is 0.500. The van der Waals surface area contributed by atoms with E-state index in [0.29, 0.717) is 0 Å². The lowest BCUT2D eigenvalue weighted by molar-refractivity contribution is 0.192. The summed E-state index contributed by atoms with van der Waals surface area (Å²) in [6.07, 6.45) is 1.32. The zero-order valence-corrected chi connectivity index (χ0v) is 5.42. The maximum absolute atomic E-state index is 9.97. The van der Waals surface area contributed by atoms with Gasteiger partial charge in [-0.1, -0.05) is 13.0 Å². The first-order valence-electron chi connectivity index (χ1n) is 2.82. The van der Waals surface area contributed by atoms with Crippen LogP contribution in [0, 0.1) is 0 Å². The highest BCUT2D eigenvalue weighted by molar-refractivity contribution is 5.65. The van der Waals surface area contributed by atoms with Crippen LogP contribution in [0.4, 0.5) is 4.79 Å². The van der Waals surface area contributed by atoms with E-state index < -0.39 is 6.09 Å². The van der Waals surface area contributed by atoms with Crippen molar-refractivity contribution in [2.45, 2.75) is 19.4 Å². The van der Waals surface area contributed by atoms with E-state index in [4.69, 9.17) is 5.11 Å². The number of amides is 1. The fourth-order valence-corrected chi connectivity index (χ4v) is 0.486. The zero-order chi connectivity index (χ0) is 7.28. The van der Waals surface area contributed by atoms with Gasteiger partial charge in [-0.05, 0) is 6.42 Å². The summed E-state index contributed by atoms with van der Waals surface area (Å²) in [6.45, 7) is 5.35. The van der Waals surface area contributed by atoms with Crippen LogP contribution in [0.15, 0.2) is 12.7 Å². The highest BCUT2D eigenvalue weighted by Gasteiger charge is 2.01. The first-order valence-corrected chi connectivity index (χ1v) is 2.82. The summed E-state index contributed by atoms with van der Waals surface area (Å²) in [6, 6.07) is -0.109. The third-order valence-corrected chi connectivity index (χ3v) is 1.03. The topological polar surface area (TPSA) is 49.3 Å². The predicted octanol–water partition coefficient (Wildman–Crippen LogP) is 1.22. The lowest BCUT2D eigenvalue weighted by Crippen LogP contribution is -2.30. The predicted molar refractivity (Wildman–Crippen MR) is 35.4 cm³/mol. The highest BCUT2D eigenvalue weighted by atomic mass is 16.4. The Hall–Kier alpha value is -0.990. The molecule has 3 nitrogen and oxygen atoms in total. The van der Waals surface area contributed by atoms with Gasteiger partial charge in [-0.2, -0.15) is 0 Å². The summed E-state index contributed by atoms with van der Waals surface area (Å²) in [7, 11) is 0. The second-order valence-corrected chi connectivity index (χ2v) is 1.70. The summed E-state index contributed by atoms with van der Waals surface area (Å²) in [4.78, 5) is 9.97. The Labute approximate surface area is 54.4 Å². The van der Waals surface area contributed by atoms with Crippen molar-refractivity contribution in [3.8, 4) is 0 Å². The number of carbonyl (C=O) groups is 1. The molecule has 0 aliphatic carbocycles. The van der Waals surface area contributed by atoms with Crippen LogP contribution >= 0.6 is 0 Å². The summed E-state index contributed by atoms with van der Waals surface area (Å²) >= 11 is 0. The van der Waals surface area contributed by atoms with Crippen molar-refractivity contribution in [2.75, 3.05) is 0 Å². The summed E-state index contributed by atoms with van der Waals surface area (Å²) < 4.78 is 0. The molecule has 0 fully saturated rings. The molecule has 0 aromatic heterocycles. The van der Waals surface area contributed by atoms with Crippen LogP contribution in [-0.4, -0.2) is 17.2 Å². The standard InChI is InChI=1S/C6H11NO2/c1-3-5(4-2)7-6(8)9/h3,5,7H,1,4H2,2H3,(H,8,9). The van der Waals surface area contributed by atoms with Crippen LogP contribution in [0.3, 0.4) is 0 Å². The van der Waals surface area contributed by atoms with Gasteiger partial charge in [0.2, 0.25) is 0 Å². The van der Waals surface area contributed by atoms with Gasteiger partial charge < -0.3 is 10.4 Å². The van der Waals surface area contributed by atoms with E-state index in [1.165, 1.54) is 0 Å². The first-order chi connectivity index (χ1) is 4.20. The molecule has 1 atom stereocenters. The normalized spacial score (nSPS) is 12.1. The maximum Gasteiger partial charge on any atom is 0.405 e. The van der Waals surface area contributed by atoms with E-state index in [0.717, 1.165) is 6.42 Å². The van der Waals surface area contributed by atoms with Crippen molar-refractivity contribution >= 4 is 6.09 Å². The third kappa shape index (κ3) is 3.58. The second-order valence-electron chi connectivity index (χ2n) is 1.70. The molecule has 2 N–H and O–H groups in total. The van der Waals surface area contributed by atoms with Crippen LogP contribution in [0.1, 0.15) is 13.3 Å². The number of hydrogen-bond acceptors (Lipinski definition) is 1. The Morgan fingerprint density at radius 2 is 2.56 bits per heavy atom. The van der Waals surface area contributed by atoms with Gasteiger partial charge in [-0.3, -0.25) is 0 Å². The number of nitrogens with one attached hydrogen (secondary N) is 1. The lowest BCUT2D eigenvalue weighted by Gasteiger charge is -2.07. The molecule has 0 bridgehead atoms. The van der Waals surface area contributed by atoms with Crippen molar-refractivity contribution in [3.05, 3.63) is 12.7 Å². The molecular formula is C6H11NO2. The summed E-state index contributed by atoms with van der Waals surface area (Å²) in [5.74, 6) is 0. The van der Waals surface area contributed by atoms with E-state index >= 15 is 0 Å². The van der Waals surface area contributed by atoms with Gasteiger partial charge in [-0.15, -0.1) is 6.58 Å². The van der Waals surface area contributed by atoms with Gasteiger partial charge in [0.15, 0.2) is 0 Å². The molecule has 0 aliphatic rings. The molecule has 0 saturated carbocycles. The monoisotopic (exact) mass is 129 g/mol. The van der Waals surface area contributed by atoms with Crippen molar-refractivity contribution in [3.63, 3.8) is 0 Å². The van der Waals surface area contributed by atoms with E-state index in [1.807, 2.05) is 6.92 Å². The third-order valence-electron chi connectivity index (χ3n) is 1.03. The number of rotatable bonds is 3. The molecule has 52 valence electrons. The van der Waals surface area contributed by atoms with E-state index in [9.17, 15) is 4.79 Å². The smallest absolute Gasteiger partial charge is 0.405 e. The molecule has 0 aromatic carbocycles. The first kappa shape index (κ1) is 8.01. The highest BCUT2D eigenvalue weighted by Crippen LogP contribution is 1.89. The van der Waals surface area contributed by atoms with Gasteiger partial charge in [0, 0.05) is 6.04 Å². The van der Waals surface area contributed by atoms with Crippen molar-refractivity contribution in [2.24, 2.45) is 0 Å². The van der Waals surface area contributed by atoms with Crippen LogP contribution in [-0.2, 0) is 0 Å². The molecule has 0 rings (SSSR count). The van der Waals surface area contributed by atoms with Gasteiger partial charge in [-0.25, -0.2) is 4.79 Å². The van der Waals surface area contributed by atoms with Gasteiger partial charge in [0.05, 0.1) is 0 Å². The van der Waals surface area contributed by atoms with Gasteiger partial charge >= 0.3 is 6.09 Å². The molecule has 0 spiro atoms. The summed E-state index contributed by atoms with van der Waals surface area (Å²) in [5.41, 5.74) is 0. The van der Waals surface area contributed by atoms with Crippen molar-refractivity contribution < 1.29 is 9.90 Å². The SMILES string of the molecule is C=CC(CC)NC(=O)O. The zero-order valence-electron chi connectivity index (χ0n) is 5.42. The molecular weight excluding hydrogens is 118 g/mol. The van der Waals surface area contributed by atoms with Gasteiger partial charge in [0.1, 0.15) is 0 Å². The Bertz CT molecular complexity index is 112. The van der Waals surface area contributed by atoms with Gasteiger partial charge in [0.25, 0.3) is 0 Å². The average molecular weight is 129 g/mol. The number of carboxylic acid groups (broad SMARTS) is 1. The minimum Gasteiger partial charge on any atom is -0.465 e. The molecule has 9 heavy (non-hydrogen) atoms. The Balaban J connectivity index is 3.55. The summed E-state index contributed by atoms with van der Waals surface area (Å²) in [5, 5.41) is 10.5. The second kappa shape index (κ2) is 3.95. The minimum atomic E-state index is -0.998. The largest absolute Gasteiger partial charge is 0.465 e. The van der Waals surface area contributed by atoms with Crippen LogP contribution in [0.2, 0.25) is 0 Å². The molecule has 3 heteroatoms. The molecule has 0 radical (unpaired) electrons. The van der Waals surface area contributed by atoms with Crippen LogP contribution in [0.5, 0.6) is 0 Å². The quantitative estimate of drug-likeness (QED) is 0.563. The molecule has 0 saturated heterocycles. The molecule has 0 aliphatic heterocycles. The molecule has 0 heterocycles. The molecule has 0 aromatic rings. The number of hydrogen-bond donors (Lipinski definition) is 2. The van der Waals surface area contributed by atoms with Crippen LogP contribution in [0.25, 0.3) is 0 Å². The van der Waals surface area contributed by atoms with Crippen molar-refractivity contribution in [1.82, 2.24) is 5.32 Å². The van der Waals surface area contributed by atoms with Crippen molar-refractivity contribution in [1.29, 1.82) is 0 Å². The van der Waals surface area contributed by atoms with Crippen LogP contribution < -0.4 is 5.32 Å². The Morgan fingerprint density at radius 3 is 2.67 bits per heavy atom. The molecule has 1 unspecified atom stereocenters. The van der Waals surface area contributed by atoms with E-state index in [-0.39, 0.29) is 6.04 Å². The Kier molecular flexibility index (Phi) is 3.51. The Morgan fingerprint density at radius 1 is 2.00 bits per heavy atom. The maximum atomic E-state index is 9.97. The van der Waals surface area contributed by atoms with E-state index in [1.54, 1.807) is 6.08 Å². The van der Waals surface area contributed by atoms with E-state index in [2.05, 4.69) is 11.9 Å². The molecule has 1 amide bonds. The fourth-order valence-electron chi connectivity index (χ4n) is 0.486.